The number of halogens is 1. The van der Waals surface area contributed by atoms with Crippen LogP contribution in [0.1, 0.15) is 28.2 Å². The molecule has 2 heterocycles. The van der Waals surface area contributed by atoms with Gasteiger partial charge in [0.05, 0.1) is 5.69 Å². The van der Waals surface area contributed by atoms with E-state index in [2.05, 4.69) is 10.3 Å². The summed E-state index contributed by atoms with van der Waals surface area (Å²) in [7, 11) is -3.73. The minimum atomic E-state index is -3.73. The number of nitrogens with one attached hydrogen (secondary N) is 1. The van der Waals surface area contributed by atoms with Gasteiger partial charge in [0, 0.05) is 23.6 Å². The van der Waals surface area contributed by atoms with Crippen LogP contribution in [0.4, 0.5) is 5.69 Å². The number of hydrogen-bond donors (Lipinski definition) is 1. The van der Waals surface area contributed by atoms with Crippen molar-refractivity contribution in [3.63, 3.8) is 0 Å². The largest absolute Gasteiger partial charge is 0.319 e. The lowest BCUT2D eigenvalue weighted by Crippen LogP contribution is -2.18. The van der Waals surface area contributed by atoms with E-state index in [1.165, 1.54) is 24.7 Å². The summed E-state index contributed by atoms with van der Waals surface area (Å²) in [5, 5.41) is 2.17. The zero-order valence-corrected chi connectivity index (χ0v) is 15.4. The van der Waals surface area contributed by atoms with E-state index >= 15 is 0 Å². The first-order valence-electron chi connectivity index (χ1n) is 7.79. The first kappa shape index (κ1) is 18.2. The zero-order valence-electron chi connectivity index (χ0n) is 13.8. The Morgan fingerprint density at radius 1 is 1.15 bits per heavy atom. The van der Waals surface area contributed by atoms with Crippen molar-refractivity contribution < 1.29 is 13.2 Å². The molecule has 26 heavy (non-hydrogen) atoms. The third kappa shape index (κ3) is 3.63. The lowest BCUT2D eigenvalue weighted by atomic mass is 10.2. The van der Waals surface area contributed by atoms with Crippen molar-refractivity contribution >= 4 is 33.2 Å². The Kier molecular flexibility index (Phi) is 5.11. The minimum Gasteiger partial charge on any atom is -0.319 e. The van der Waals surface area contributed by atoms with Crippen molar-refractivity contribution in [2.45, 2.75) is 12.2 Å². The van der Waals surface area contributed by atoms with Crippen LogP contribution in [-0.2, 0) is 10.0 Å². The molecular weight excluding hydrogens is 374 g/mol. The molecular formula is C18H16ClN3O3S. The van der Waals surface area contributed by atoms with Gasteiger partial charge in [0.25, 0.3) is 5.91 Å². The van der Waals surface area contributed by atoms with Crippen molar-refractivity contribution in [1.29, 1.82) is 0 Å². The SMILES string of the molecule is CC(c1ccccc1Cl)S(=O)(=O)n1ccc(NC(=O)c2ccccn2)c1. The second-order valence-electron chi connectivity index (χ2n) is 5.61. The highest BCUT2D eigenvalue weighted by Crippen LogP contribution is 2.30. The molecule has 6 nitrogen and oxygen atoms in total. The smallest absolute Gasteiger partial charge is 0.274 e. The van der Waals surface area contributed by atoms with Crippen LogP contribution in [0.25, 0.3) is 0 Å². The van der Waals surface area contributed by atoms with E-state index in [1.807, 2.05) is 0 Å². The van der Waals surface area contributed by atoms with Crippen LogP contribution in [-0.4, -0.2) is 23.3 Å². The van der Waals surface area contributed by atoms with Crippen LogP contribution < -0.4 is 5.32 Å². The molecule has 0 aliphatic heterocycles. The Labute approximate surface area is 156 Å². The first-order valence-corrected chi connectivity index (χ1v) is 9.67. The Bertz CT molecular complexity index is 1030. The Hall–Kier alpha value is -2.64. The Morgan fingerprint density at radius 3 is 2.58 bits per heavy atom. The normalized spacial score (nSPS) is 12.5. The van der Waals surface area contributed by atoms with Crippen LogP contribution in [0.5, 0.6) is 0 Å². The molecule has 0 saturated carbocycles. The zero-order chi connectivity index (χ0) is 18.7. The predicted molar refractivity (Wildman–Crippen MR) is 101 cm³/mol. The van der Waals surface area contributed by atoms with Gasteiger partial charge in [0.2, 0.25) is 10.0 Å². The molecule has 0 bridgehead atoms. The maximum atomic E-state index is 12.8. The molecule has 1 aromatic carbocycles. The molecule has 1 amide bonds. The van der Waals surface area contributed by atoms with E-state index in [0.29, 0.717) is 16.3 Å². The predicted octanol–water partition coefficient (Wildman–Crippen LogP) is 3.73. The summed E-state index contributed by atoms with van der Waals surface area (Å²) in [6.07, 6.45) is 4.25. The third-order valence-electron chi connectivity index (χ3n) is 3.91. The highest BCUT2D eigenvalue weighted by atomic mass is 35.5. The summed E-state index contributed by atoms with van der Waals surface area (Å²) in [4.78, 5) is 16.1. The number of rotatable bonds is 5. The van der Waals surface area contributed by atoms with E-state index in [4.69, 9.17) is 11.6 Å². The molecule has 0 aliphatic rings. The summed E-state index contributed by atoms with van der Waals surface area (Å²) in [6.45, 7) is 1.57. The lowest BCUT2D eigenvalue weighted by Gasteiger charge is -2.15. The van der Waals surface area contributed by atoms with Crippen LogP contribution in [0, 0.1) is 0 Å². The molecule has 0 spiro atoms. The van der Waals surface area contributed by atoms with Crippen molar-refractivity contribution in [1.82, 2.24) is 8.96 Å². The Balaban J connectivity index is 1.82. The average Bonchev–Trinajstić information content (AvgIpc) is 3.11. The monoisotopic (exact) mass is 389 g/mol. The second kappa shape index (κ2) is 7.31. The van der Waals surface area contributed by atoms with Crippen molar-refractivity contribution in [3.8, 4) is 0 Å². The minimum absolute atomic E-state index is 0.243. The fourth-order valence-electron chi connectivity index (χ4n) is 2.45. The molecule has 2 aromatic heterocycles. The van der Waals surface area contributed by atoms with Crippen LogP contribution in [0.2, 0.25) is 5.02 Å². The molecule has 1 unspecified atom stereocenters. The number of amides is 1. The van der Waals surface area contributed by atoms with Crippen LogP contribution in [0.3, 0.4) is 0 Å². The number of carbonyl (C=O) groups is 1. The van der Waals surface area contributed by atoms with Gasteiger partial charge in [-0.1, -0.05) is 35.9 Å². The van der Waals surface area contributed by atoms with Gasteiger partial charge < -0.3 is 5.32 Å². The molecule has 1 N–H and O–H groups in total. The van der Waals surface area contributed by atoms with Gasteiger partial charge in [0.15, 0.2) is 0 Å². The molecule has 0 radical (unpaired) electrons. The number of benzene rings is 1. The van der Waals surface area contributed by atoms with Gasteiger partial charge in [-0.2, -0.15) is 0 Å². The van der Waals surface area contributed by atoms with E-state index in [1.54, 1.807) is 49.4 Å². The fraction of sp³-hybridized carbons (Fsp3) is 0.111. The second-order valence-corrected chi connectivity index (χ2v) is 8.17. The van der Waals surface area contributed by atoms with Crippen LogP contribution >= 0.6 is 11.6 Å². The van der Waals surface area contributed by atoms with E-state index in [-0.39, 0.29) is 5.69 Å². The standard InChI is InChI=1S/C18H16ClN3O3S/c1-13(15-6-2-3-7-16(15)19)26(24,25)22-11-9-14(12-22)21-18(23)17-8-4-5-10-20-17/h2-13H,1H3,(H,21,23). The lowest BCUT2D eigenvalue weighted by molar-refractivity contribution is 0.102. The molecule has 0 aliphatic carbocycles. The molecule has 1 atom stereocenters. The number of hydrogen-bond acceptors (Lipinski definition) is 4. The molecule has 134 valence electrons. The highest BCUT2D eigenvalue weighted by molar-refractivity contribution is 7.90. The Morgan fingerprint density at radius 2 is 1.88 bits per heavy atom. The number of aromatic nitrogens is 2. The molecule has 0 fully saturated rings. The van der Waals surface area contributed by atoms with Crippen molar-refractivity contribution in [2.75, 3.05) is 5.32 Å². The maximum Gasteiger partial charge on any atom is 0.274 e. The van der Waals surface area contributed by atoms with E-state index < -0.39 is 21.2 Å². The molecule has 3 rings (SSSR count). The quantitative estimate of drug-likeness (QED) is 0.720. The van der Waals surface area contributed by atoms with Gasteiger partial charge in [-0.15, -0.1) is 0 Å². The van der Waals surface area contributed by atoms with Gasteiger partial charge in [-0.3, -0.25) is 13.8 Å². The van der Waals surface area contributed by atoms with E-state index in [9.17, 15) is 13.2 Å². The summed E-state index contributed by atoms with van der Waals surface area (Å²) in [5.41, 5.74) is 1.12. The van der Waals surface area contributed by atoms with Gasteiger partial charge in [-0.25, -0.2) is 8.42 Å². The summed E-state index contributed by atoms with van der Waals surface area (Å²) in [6, 6.07) is 13.3. The topological polar surface area (TPSA) is 81.1 Å². The van der Waals surface area contributed by atoms with Crippen LogP contribution in [0.15, 0.2) is 67.1 Å². The molecule has 3 aromatic rings. The number of carbonyl (C=O) groups excluding carboxylic acids is 1. The highest BCUT2D eigenvalue weighted by Gasteiger charge is 2.26. The first-order chi connectivity index (χ1) is 12.4. The number of pyridine rings is 1. The van der Waals surface area contributed by atoms with Gasteiger partial charge in [-0.05, 0) is 36.8 Å². The number of anilines is 1. The van der Waals surface area contributed by atoms with Crippen molar-refractivity contribution in [3.05, 3.63) is 83.4 Å². The number of nitrogens with zero attached hydrogens (tertiary/aromatic N) is 2. The maximum absolute atomic E-state index is 12.8. The average molecular weight is 390 g/mol. The summed E-state index contributed by atoms with van der Waals surface area (Å²) < 4.78 is 26.7. The third-order valence-corrected chi connectivity index (χ3v) is 6.21. The molecule has 0 saturated heterocycles. The van der Waals surface area contributed by atoms with E-state index in [0.717, 1.165) is 3.97 Å². The fourth-order valence-corrected chi connectivity index (χ4v) is 4.20. The molecule has 8 heteroatoms. The van der Waals surface area contributed by atoms with Gasteiger partial charge in [0.1, 0.15) is 10.9 Å². The summed E-state index contributed by atoms with van der Waals surface area (Å²) >= 11 is 6.12. The van der Waals surface area contributed by atoms with Gasteiger partial charge >= 0.3 is 0 Å². The van der Waals surface area contributed by atoms with Crippen molar-refractivity contribution in [2.24, 2.45) is 0 Å². The summed E-state index contributed by atoms with van der Waals surface area (Å²) in [5.74, 6) is -0.417.